The summed E-state index contributed by atoms with van der Waals surface area (Å²) in [6.45, 7) is 3.12. The number of halogens is 1. The summed E-state index contributed by atoms with van der Waals surface area (Å²) in [5, 5.41) is 0. The Morgan fingerprint density at radius 1 is 1.00 bits per heavy atom. The molecule has 0 aliphatic carbocycles. The van der Waals surface area contributed by atoms with E-state index in [1.165, 1.54) is 6.20 Å². The zero-order valence-corrected chi connectivity index (χ0v) is 12.6. The van der Waals surface area contributed by atoms with Crippen molar-refractivity contribution in [2.45, 2.75) is 0 Å². The van der Waals surface area contributed by atoms with Gasteiger partial charge in [0.05, 0.1) is 12.4 Å². The maximum atomic E-state index is 13.7. The van der Waals surface area contributed by atoms with E-state index < -0.39 is 5.82 Å². The molecule has 2 aromatic heterocycles. The van der Waals surface area contributed by atoms with Crippen LogP contribution in [-0.2, 0) is 0 Å². The number of hydrogen-bond acceptors (Lipinski definition) is 7. The van der Waals surface area contributed by atoms with Crippen molar-refractivity contribution in [3.8, 4) is 0 Å². The fraction of sp³-hybridized carbons (Fsp3) is 0.429. The topological polar surface area (TPSA) is 61.3 Å². The van der Waals surface area contributed by atoms with Crippen molar-refractivity contribution in [2.75, 3.05) is 55.0 Å². The standard InChI is InChI=1S/C14H18FN7/c1-20(2)13-11(15)9-18-14(19-13)22-7-5-21(6-8-22)12-10-16-3-4-17-12/h3-4,9-10H,5-8H2,1-2H3. The van der Waals surface area contributed by atoms with Gasteiger partial charge in [0.15, 0.2) is 11.6 Å². The molecule has 0 aromatic carbocycles. The molecule has 8 heteroatoms. The smallest absolute Gasteiger partial charge is 0.227 e. The minimum Gasteiger partial charge on any atom is -0.360 e. The summed E-state index contributed by atoms with van der Waals surface area (Å²) < 4.78 is 13.7. The van der Waals surface area contributed by atoms with Crippen molar-refractivity contribution < 1.29 is 4.39 Å². The number of rotatable bonds is 3. The molecule has 0 amide bonds. The Morgan fingerprint density at radius 2 is 1.73 bits per heavy atom. The SMILES string of the molecule is CN(C)c1nc(N2CCN(c3cnccn3)CC2)ncc1F. The summed E-state index contributed by atoms with van der Waals surface area (Å²) in [5.74, 6) is 1.33. The Hall–Kier alpha value is -2.51. The van der Waals surface area contributed by atoms with Gasteiger partial charge >= 0.3 is 0 Å². The van der Waals surface area contributed by atoms with Crippen LogP contribution >= 0.6 is 0 Å². The van der Waals surface area contributed by atoms with Gasteiger partial charge in [-0.2, -0.15) is 4.98 Å². The molecule has 22 heavy (non-hydrogen) atoms. The van der Waals surface area contributed by atoms with E-state index >= 15 is 0 Å². The molecule has 1 saturated heterocycles. The Morgan fingerprint density at radius 3 is 2.36 bits per heavy atom. The van der Waals surface area contributed by atoms with Crippen molar-refractivity contribution in [1.82, 2.24) is 19.9 Å². The van der Waals surface area contributed by atoms with Gasteiger partial charge in [-0.25, -0.2) is 14.4 Å². The molecule has 3 rings (SSSR count). The Labute approximate surface area is 128 Å². The van der Waals surface area contributed by atoms with Crippen molar-refractivity contribution in [2.24, 2.45) is 0 Å². The first-order chi connectivity index (χ1) is 10.6. The lowest BCUT2D eigenvalue weighted by atomic mass is 10.3. The van der Waals surface area contributed by atoms with Crippen molar-refractivity contribution in [3.63, 3.8) is 0 Å². The van der Waals surface area contributed by atoms with Crippen LogP contribution < -0.4 is 14.7 Å². The largest absolute Gasteiger partial charge is 0.360 e. The number of nitrogens with zero attached hydrogens (tertiary/aromatic N) is 7. The third-order valence-corrected chi connectivity index (χ3v) is 3.57. The molecule has 0 unspecified atom stereocenters. The first-order valence-corrected chi connectivity index (χ1v) is 7.11. The Bertz CT molecular complexity index is 626. The fourth-order valence-electron chi connectivity index (χ4n) is 2.41. The van der Waals surface area contributed by atoms with Gasteiger partial charge in [-0.15, -0.1) is 0 Å². The van der Waals surface area contributed by atoms with E-state index in [1.807, 2.05) is 0 Å². The minimum absolute atomic E-state index is 0.307. The van der Waals surface area contributed by atoms with E-state index in [1.54, 1.807) is 37.6 Å². The average Bonchev–Trinajstić information content (AvgIpc) is 2.56. The van der Waals surface area contributed by atoms with Crippen LogP contribution in [0.25, 0.3) is 0 Å². The van der Waals surface area contributed by atoms with Gasteiger partial charge < -0.3 is 14.7 Å². The third-order valence-electron chi connectivity index (χ3n) is 3.57. The predicted octanol–water partition coefficient (Wildman–Crippen LogP) is 0.798. The summed E-state index contributed by atoms with van der Waals surface area (Å²) in [7, 11) is 3.53. The second-order valence-electron chi connectivity index (χ2n) is 5.27. The van der Waals surface area contributed by atoms with Crippen molar-refractivity contribution in [3.05, 3.63) is 30.6 Å². The average molecular weight is 303 g/mol. The number of hydrogen-bond donors (Lipinski definition) is 0. The van der Waals surface area contributed by atoms with E-state index in [0.29, 0.717) is 11.8 Å². The first kappa shape index (κ1) is 14.4. The predicted molar refractivity (Wildman–Crippen MR) is 82.8 cm³/mol. The second-order valence-corrected chi connectivity index (χ2v) is 5.27. The molecule has 1 fully saturated rings. The number of aromatic nitrogens is 4. The lowest BCUT2D eigenvalue weighted by Crippen LogP contribution is -2.47. The van der Waals surface area contributed by atoms with Gasteiger partial charge in [-0.05, 0) is 0 Å². The molecule has 3 heterocycles. The lowest BCUT2D eigenvalue weighted by molar-refractivity contribution is 0.600. The number of piperazine rings is 1. The Kier molecular flexibility index (Phi) is 3.99. The monoisotopic (exact) mass is 303 g/mol. The van der Waals surface area contributed by atoms with Gasteiger partial charge in [-0.3, -0.25) is 4.98 Å². The van der Waals surface area contributed by atoms with E-state index in [4.69, 9.17) is 0 Å². The van der Waals surface area contributed by atoms with Crippen LogP contribution in [0.15, 0.2) is 24.8 Å². The second kappa shape index (κ2) is 6.08. The molecule has 116 valence electrons. The molecule has 0 saturated carbocycles. The highest BCUT2D eigenvalue weighted by atomic mass is 19.1. The summed E-state index contributed by atoms with van der Waals surface area (Å²) >= 11 is 0. The normalized spacial score (nSPS) is 15.0. The minimum atomic E-state index is -0.410. The molecule has 2 aromatic rings. The molecule has 0 spiro atoms. The molecule has 1 aliphatic rings. The molecule has 0 bridgehead atoms. The van der Waals surface area contributed by atoms with Gasteiger partial charge in [0.1, 0.15) is 5.82 Å². The summed E-state index contributed by atoms with van der Waals surface area (Å²) in [6.07, 6.45) is 6.34. The summed E-state index contributed by atoms with van der Waals surface area (Å²) in [4.78, 5) is 22.7. The van der Waals surface area contributed by atoms with Crippen molar-refractivity contribution >= 4 is 17.6 Å². The molecule has 7 nitrogen and oxygen atoms in total. The van der Waals surface area contributed by atoms with Crippen LogP contribution in [0, 0.1) is 5.82 Å². The zero-order chi connectivity index (χ0) is 15.5. The maximum absolute atomic E-state index is 13.7. The highest BCUT2D eigenvalue weighted by Gasteiger charge is 2.21. The summed E-state index contributed by atoms with van der Waals surface area (Å²) in [5.41, 5.74) is 0. The van der Waals surface area contributed by atoms with Crippen molar-refractivity contribution in [1.29, 1.82) is 0 Å². The highest BCUT2D eigenvalue weighted by molar-refractivity contribution is 5.45. The molecule has 0 N–H and O–H groups in total. The molecule has 1 aliphatic heterocycles. The van der Waals surface area contributed by atoms with Crippen LogP contribution in [0.5, 0.6) is 0 Å². The third kappa shape index (κ3) is 2.90. The van der Waals surface area contributed by atoms with Crippen LogP contribution in [-0.4, -0.2) is 60.2 Å². The number of anilines is 3. The van der Waals surface area contributed by atoms with E-state index in [0.717, 1.165) is 32.0 Å². The zero-order valence-electron chi connectivity index (χ0n) is 12.6. The molecule has 0 atom stereocenters. The van der Waals surface area contributed by atoms with Gasteiger partial charge in [0, 0.05) is 52.7 Å². The van der Waals surface area contributed by atoms with E-state index in [2.05, 4.69) is 29.7 Å². The van der Waals surface area contributed by atoms with Crippen LogP contribution in [0.3, 0.4) is 0 Å². The molecular formula is C14H18FN7. The molecule has 0 radical (unpaired) electrons. The quantitative estimate of drug-likeness (QED) is 0.831. The first-order valence-electron chi connectivity index (χ1n) is 7.11. The maximum Gasteiger partial charge on any atom is 0.227 e. The van der Waals surface area contributed by atoms with Crippen LogP contribution in [0.4, 0.5) is 22.0 Å². The molecular weight excluding hydrogens is 285 g/mol. The Balaban J connectivity index is 1.70. The highest BCUT2D eigenvalue weighted by Crippen LogP contribution is 2.19. The van der Waals surface area contributed by atoms with Gasteiger partial charge in [0.25, 0.3) is 0 Å². The fourth-order valence-corrected chi connectivity index (χ4v) is 2.41. The van der Waals surface area contributed by atoms with E-state index in [9.17, 15) is 4.39 Å². The van der Waals surface area contributed by atoms with Crippen LogP contribution in [0.2, 0.25) is 0 Å². The van der Waals surface area contributed by atoms with Gasteiger partial charge in [-0.1, -0.05) is 0 Å². The van der Waals surface area contributed by atoms with Gasteiger partial charge in [0.2, 0.25) is 5.95 Å². The van der Waals surface area contributed by atoms with E-state index in [-0.39, 0.29) is 0 Å². The summed E-state index contributed by atoms with van der Waals surface area (Å²) in [6, 6.07) is 0. The van der Waals surface area contributed by atoms with Crippen LogP contribution in [0.1, 0.15) is 0 Å². The lowest BCUT2D eigenvalue weighted by Gasteiger charge is -2.35.